The molecule has 6 nitrogen and oxygen atoms in total. The summed E-state index contributed by atoms with van der Waals surface area (Å²) in [6.07, 6.45) is 4.18. The van der Waals surface area contributed by atoms with E-state index in [0.29, 0.717) is 25.9 Å². The maximum atomic E-state index is 12.3. The molecule has 7 heteroatoms. The Morgan fingerprint density at radius 3 is 2.68 bits per heavy atom. The summed E-state index contributed by atoms with van der Waals surface area (Å²) in [5.41, 5.74) is 1.73. The SMILES string of the molecule is CS(=O)(=O)N1CCC(C(=O)Nc2ccc3cc[nH]c3c2)CC1. The summed E-state index contributed by atoms with van der Waals surface area (Å²) >= 11 is 0. The van der Waals surface area contributed by atoms with Gasteiger partial charge in [0.25, 0.3) is 0 Å². The van der Waals surface area contributed by atoms with Gasteiger partial charge in [-0.15, -0.1) is 0 Å². The summed E-state index contributed by atoms with van der Waals surface area (Å²) in [4.78, 5) is 15.4. The van der Waals surface area contributed by atoms with Gasteiger partial charge in [0.1, 0.15) is 0 Å². The standard InChI is InChI=1S/C15H19N3O3S/c1-22(20,21)18-8-5-12(6-9-18)15(19)17-13-3-2-11-4-7-16-14(11)10-13/h2-4,7,10,12,16H,5-6,8-9H2,1H3,(H,17,19). The summed E-state index contributed by atoms with van der Waals surface area (Å²) in [5.74, 6) is -0.184. The quantitative estimate of drug-likeness (QED) is 0.904. The first-order valence-corrected chi connectivity index (χ1v) is 9.11. The van der Waals surface area contributed by atoms with Crippen LogP contribution < -0.4 is 5.32 Å². The van der Waals surface area contributed by atoms with E-state index in [1.165, 1.54) is 10.6 Å². The summed E-state index contributed by atoms with van der Waals surface area (Å²) in [6.45, 7) is 0.819. The number of carbonyl (C=O) groups excluding carboxylic acids is 1. The molecular weight excluding hydrogens is 302 g/mol. The van der Waals surface area contributed by atoms with Gasteiger partial charge in [-0.05, 0) is 36.4 Å². The van der Waals surface area contributed by atoms with E-state index in [1.807, 2.05) is 30.5 Å². The molecular formula is C15H19N3O3S. The predicted molar refractivity (Wildman–Crippen MR) is 86.1 cm³/mol. The van der Waals surface area contributed by atoms with Gasteiger partial charge in [-0.3, -0.25) is 4.79 Å². The second-order valence-corrected chi connectivity index (χ2v) is 7.69. The van der Waals surface area contributed by atoms with Crippen molar-refractivity contribution in [1.82, 2.24) is 9.29 Å². The number of aromatic nitrogens is 1. The zero-order chi connectivity index (χ0) is 15.7. The third-order valence-electron chi connectivity index (χ3n) is 4.12. The Morgan fingerprint density at radius 2 is 2.00 bits per heavy atom. The van der Waals surface area contributed by atoms with Gasteiger partial charge in [0.15, 0.2) is 0 Å². The van der Waals surface area contributed by atoms with Crippen LogP contribution in [0.15, 0.2) is 30.5 Å². The summed E-state index contributed by atoms with van der Waals surface area (Å²) in [7, 11) is -3.15. The lowest BCUT2D eigenvalue weighted by atomic mass is 9.97. The van der Waals surface area contributed by atoms with E-state index in [4.69, 9.17) is 0 Å². The van der Waals surface area contributed by atoms with Crippen molar-refractivity contribution in [2.45, 2.75) is 12.8 Å². The number of benzene rings is 1. The van der Waals surface area contributed by atoms with Crippen LogP contribution in [0.1, 0.15) is 12.8 Å². The number of nitrogens with one attached hydrogen (secondary N) is 2. The van der Waals surface area contributed by atoms with E-state index >= 15 is 0 Å². The van der Waals surface area contributed by atoms with E-state index < -0.39 is 10.0 Å². The van der Waals surface area contributed by atoms with Crippen LogP contribution in [0.2, 0.25) is 0 Å². The Bertz CT molecular complexity index is 789. The van der Waals surface area contributed by atoms with E-state index in [-0.39, 0.29) is 11.8 Å². The second kappa shape index (κ2) is 5.73. The van der Waals surface area contributed by atoms with Crippen molar-refractivity contribution in [1.29, 1.82) is 0 Å². The highest BCUT2D eigenvalue weighted by Gasteiger charge is 2.28. The Morgan fingerprint density at radius 1 is 1.27 bits per heavy atom. The maximum absolute atomic E-state index is 12.3. The topological polar surface area (TPSA) is 82.3 Å². The molecule has 2 N–H and O–H groups in total. The average molecular weight is 321 g/mol. The number of carbonyl (C=O) groups is 1. The number of fused-ring (bicyclic) bond motifs is 1. The Kier molecular flexibility index (Phi) is 3.92. The number of aromatic amines is 1. The first kappa shape index (κ1) is 15.1. The van der Waals surface area contributed by atoms with Crippen LogP contribution in [0, 0.1) is 5.92 Å². The summed E-state index contributed by atoms with van der Waals surface area (Å²) < 4.78 is 24.4. The predicted octanol–water partition coefficient (Wildman–Crippen LogP) is 1.78. The Hall–Kier alpha value is -1.86. The molecule has 1 fully saturated rings. The first-order chi connectivity index (χ1) is 10.4. The molecule has 0 saturated carbocycles. The van der Waals surface area contributed by atoms with Gasteiger partial charge in [0.2, 0.25) is 15.9 Å². The molecule has 2 aromatic rings. The zero-order valence-electron chi connectivity index (χ0n) is 12.4. The minimum Gasteiger partial charge on any atom is -0.361 e. The van der Waals surface area contributed by atoms with Gasteiger partial charge in [-0.25, -0.2) is 12.7 Å². The molecule has 1 aromatic carbocycles. The zero-order valence-corrected chi connectivity index (χ0v) is 13.2. The monoisotopic (exact) mass is 321 g/mol. The van der Waals surface area contributed by atoms with Crippen LogP contribution in [-0.2, 0) is 14.8 Å². The number of sulfonamides is 1. The first-order valence-electron chi connectivity index (χ1n) is 7.26. The van der Waals surface area contributed by atoms with Crippen LogP contribution in [0.4, 0.5) is 5.69 Å². The molecule has 0 spiro atoms. The average Bonchev–Trinajstić information content (AvgIpc) is 2.94. The number of rotatable bonds is 3. The van der Waals surface area contributed by atoms with Crippen molar-refractivity contribution in [3.8, 4) is 0 Å². The molecule has 1 aromatic heterocycles. The molecule has 0 unspecified atom stereocenters. The Balaban J connectivity index is 1.63. The molecule has 1 aliphatic heterocycles. The van der Waals surface area contributed by atoms with E-state index in [2.05, 4.69) is 10.3 Å². The maximum Gasteiger partial charge on any atom is 0.227 e. The normalized spacial score (nSPS) is 17.7. The van der Waals surface area contributed by atoms with Gasteiger partial charge in [0.05, 0.1) is 6.26 Å². The summed E-state index contributed by atoms with van der Waals surface area (Å²) in [6, 6.07) is 7.70. The van der Waals surface area contributed by atoms with Crippen LogP contribution >= 0.6 is 0 Å². The fourth-order valence-corrected chi connectivity index (χ4v) is 3.69. The minimum absolute atomic E-state index is 0.0425. The largest absolute Gasteiger partial charge is 0.361 e. The van der Waals surface area contributed by atoms with Crippen molar-refractivity contribution >= 4 is 32.5 Å². The molecule has 0 radical (unpaired) electrons. The Labute approximate surface area is 129 Å². The highest BCUT2D eigenvalue weighted by Crippen LogP contribution is 2.22. The number of anilines is 1. The van der Waals surface area contributed by atoms with Gasteiger partial charge < -0.3 is 10.3 Å². The van der Waals surface area contributed by atoms with Crippen molar-refractivity contribution < 1.29 is 13.2 Å². The highest BCUT2D eigenvalue weighted by molar-refractivity contribution is 7.88. The van der Waals surface area contributed by atoms with Crippen LogP contribution in [0.25, 0.3) is 10.9 Å². The number of nitrogens with zero attached hydrogens (tertiary/aromatic N) is 1. The second-order valence-electron chi connectivity index (χ2n) is 5.71. The fraction of sp³-hybridized carbons (Fsp3) is 0.400. The minimum atomic E-state index is -3.15. The molecule has 22 heavy (non-hydrogen) atoms. The number of piperidine rings is 1. The molecule has 1 amide bonds. The number of amides is 1. The van der Waals surface area contributed by atoms with Crippen LogP contribution in [0.5, 0.6) is 0 Å². The van der Waals surface area contributed by atoms with E-state index in [1.54, 1.807) is 0 Å². The van der Waals surface area contributed by atoms with Crippen molar-refractivity contribution in [3.63, 3.8) is 0 Å². The summed E-state index contributed by atoms with van der Waals surface area (Å²) in [5, 5.41) is 4.02. The molecule has 118 valence electrons. The number of H-pyrrole nitrogens is 1. The lowest BCUT2D eigenvalue weighted by molar-refractivity contribution is -0.120. The smallest absolute Gasteiger partial charge is 0.227 e. The molecule has 0 aliphatic carbocycles. The third kappa shape index (κ3) is 3.15. The van der Waals surface area contributed by atoms with Crippen molar-refractivity contribution in [2.24, 2.45) is 5.92 Å². The molecule has 1 aliphatic rings. The van der Waals surface area contributed by atoms with Crippen LogP contribution in [-0.4, -0.2) is 43.0 Å². The lowest BCUT2D eigenvalue weighted by Gasteiger charge is -2.29. The molecule has 1 saturated heterocycles. The fourth-order valence-electron chi connectivity index (χ4n) is 2.82. The van der Waals surface area contributed by atoms with Crippen LogP contribution in [0.3, 0.4) is 0 Å². The van der Waals surface area contributed by atoms with Crippen molar-refractivity contribution in [3.05, 3.63) is 30.5 Å². The highest BCUT2D eigenvalue weighted by atomic mass is 32.2. The molecule has 3 rings (SSSR count). The van der Waals surface area contributed by atoms with Gasteiger partial charge in [-0.1, -0.05) is 6.07 Å². The van der Waals surface area contributed by atoms with E-state index in [0.717, 1.165) is 16.6 Å². The number of hydrogen-bond donors (Lipinski definition) is 2. The van der Waals surface area contributed by atoms with Gasteiger partial charge in [-0.2, -0.15) is 0 Å². The van der Waals surface area contributed by atoms with E-state index in [9.17, 15) is 13.2 Å². The molecule has 0 bridgehead atoms. The number of hydrogen-bond acceptors (Lipinski definition) is 3. The molecule has 0 atom stereocenters. The third-order valence-corrected chi connectivity index (χ3v) is 5.42. The van der Waals surface area contributed by atoms with Gasteiger partial charge in [0, 0.05) is 36.4 Å². The molecule has 2 heterocycles. The van der Waals surface area contributed by atoms with Gasteiger partial charge >= 0.3 is 0 Å². The van der Waals surface area contributed by atoms with Crippen molar-refractivity contribution in [2.75, 3.05) is 24.7 Å². The lowest BCUT2D eigenvalue weighted by Crippen LogP contribution is -2.40.